The third kappa shape index (κ3) is 5.51. The molecule has 0 saturated heterocycles. The second-order valence-corrected chi connectivity index (χ2v) is 8.78. The summed E-state index contributed by atoms with van der Waals surface area (Å²) < 4.78 is 44.1. The molecule has 0 bridgehead atoms. The van der Waals surface area contributed by atoms with Crippen LogP contribution < -0.4 is 5.32 Å². The van der Waals surface area contributed by atoms with Crippen LogP contribution in [0.2, 0.25) is 0 Å². The van der Waals surface area contributed by atoms with Gasteiger partial charge in [0.2, 0.25) is 0 Å². The maximum atomic E-state index is 13.0. The molecule has 4 aromatic rings. The number of rotatable bonds is 7. The largest absolute Gasteiger partial charge is 0.454 e. The number of alkyl halides is 3. The molecule has 0 aliphatic heterocycles. The number of carbonyl (C=O) groups is 1. The molecule has 0 saturated carbocycles. The summed E-state index contributed by atoms with van der Waals surface area (Å²) in [4.78, 5) is 17.5. The molecule has 4 nitrogen and oxygen atoms in total. The van der Waals surface area contributed by atoms with Gasteiger partial charge in [-0.05, 0) is 66.8 Å². The lowest BCUT2D eigenvalue weighted by atomic mass is 9.97. The standard InChI is InChI=1S/C29H27F3N2O2/c1-4-18(2)21-11-14-23-26(15-16-33-27(23)17-21)34-25-8-6-5-7-24(25)28(35)36-19(3)20-9-12-22(13-10-20)29(30,31)32/h5-19H,4H2,1-3H3,(H,33,34). The average molecular weight is 493 g/mol. The van der Waals surface area contributed by atoms with Crippen molar-refractivity contribution >= 4 is 28.2 Å². The highest BCUT2D eigenvalue weighted by Gasteiger charge is 2.30. The lowest BCUT2D eigenvalue weighted by Crippen LogP contribution is -2.12. The topological polar surface area (TPSA) is 51.2 Å². The number of hydrogen-bond acceptors (Lipinski definition) is 4. The average Bonchev–Trinajstić information content (AvgIpc) is 2.88. The summed E-state index contributed by atoms with van der Waals surface area (Å²) in [6.07, 6.45) is -2.40. The Morgan fingerprint density at radius 3 is 2.33 bits per heavy atom. The Kier molecular flexibility index (Phi) is 7.29. The predicted octanol–water partition coefficient (Wildman–Crippen LogP) is 8.43. The third-order valence-corrected chi connectivity index (χ3v) is 6.36. The molecule has 7 heteroatoms. The van der Waals surface area contributed by atoms with Gasteiger partial charge in [0.1, 0.15) is 6.10 Å². The van der Waals surface area contributed by atoms with Crippen molar-refractivity contribution in [1.29, 1.82) is 0 Å². The first-order valence-electron chi connectivity index (χ1n) is 11.8. The van der Waals surface area contributed by atoms with E-state index in [1.165, 1.54) is 17.7 Å². The second-order valence-electron chi connectivity index (χ2n) is 8.78. The molecular weight excluding hydrogens is 465 g/mol. The van der Waals surface area contributed by atoms with Gasteiger partial charge in [-0.2, -0.15) is 13.2 Å². The summed E-state index contributed by atoms with van der Waals surface area (Å²) in [6.45, 7) is 5.95. The maximum Gasteiger partial charge on any atom is 0.416 e. The number of esters is 1. The fourth-order valence-electron chi connectivity index (χ4n) is 3.97. The lowest BCUT2D eigenvalue weighted by molar-refractivity contribution is -0.137. The fourth-order valence-corrected chi connectivity index (χ4v) is 3.97. The molecule has 2 unspecified atom stereocenters. The predicted molar refractivity (Wildman–Crippen MR) is 135 cm³/mol. The van der Waals surface area contributed by atoms with E-state index in [9.17, 15) is 18.0 Å². The van der Waals surface area contributed by atoms with Gasteiger partial charge in [0.15, 0.2) is 0 Å². The van der Waals surface area contributed by atoms with E-state index in [2.05, 4.69) is 36.3 Å². The molecule has 186 valence electrons. The monoisotopic (exact) mass is 492 g/mol. The van der Waals surface area contributed by atoms with Crippen LogP contribution in [0.15, 0.2) is 79.0 Å². The maximum absolute atomic E-state index is 13.0. The van der Waals surface area contributed by atoms with Crippen molar-refractivity contribution in [3.63, 3.8) is 0 Å². The molecule has 1 N–H and O–H groups in total. The minimum absolute atomic E-state index is 0.317. The first-order chi connectivity index (χ1) is 17.2. The van der Waals surface area contributed by atoms with Crippen LogP contribution in [-0.2, 0) is 10.9 Å². The minimum atomic E-state index is -4.42. The van der Waals surface area contributed by atoms with Crippen molar-refractivity contribution < 1.29 is 22.7 Å². The Balaban J connectivity index is 1.56. The van der Waals surface area contributed by atoms with E-state index in [0.29, 0.717) is 22.7 Å². The Morgan fingerprint density at radius 2 is 1.64 bits per heavy atom. The number of hydrogen-bond donors (Lipinski definition) is 1. The van der Waals surface area contributed by atoms with Gasteiger partial charge in [-0.1, -0.05) is 50.2 Å². The molecule has 4 rings (SSSR count). The van der Waals surface area contributed by atoms with Gasteiger partial charge >= 0.3 is 12.1 Å². The number of pyridine rings is 1. The number of ether oxygens (including phenoxy) is 1. The zero-order chi connectivity index (χ0) is 25.9. The molecule has 0 aliphatic carbocycles. The molecular formula is C29H27F3N2O2. The number of para-hydroxylation sites is 1. The van der Waals surface area contributed by atoms with E-state index in [-0.39, 0.29) is 0 Å². The van der Waals surface area contributed by atoms with Crippen LogP contribution in [0.1, 0.15) is 66.3 Å². The van der Waals surface area contributed by atoms with Crippen LogP contribution in [-0.4, -0.2) is 11.0 Å². The van der Waals surface area contributed by atoms with Crippen molar-refractivity contribution in [3.05, 3.63) is 101 Å². The highest BCUT2D eigenvalue weighted by atomic mass is 19.4. The number of carbonyl (C=O) groups excluding carboxylic acids is 1. The summed E-state index contributed by atoms with van der Waals surface area (Å²) in [7, 11) is 0. The summed E-state index contributed by atoms with van der Waals surface area (Å²) in [5.41, 5.74) is 3.47. The Hall–Kier alpha value is -3.87. The molecule has 1 heterocycles. The van der Waals surface area contributed by atoms with Gasteiger partial charge in [-0.25, -0.2) is 4.79 Å². The van der Waals surface area contributed by atoms with Crippen LogP contribution in [0.4, 0.5) is 24.5 Å². The van der Waals surface area contributed by atoms with Gasteiger partial charge in [-0.3, -0.25) is 4.98 Å². The van der Waals surface area contributed by atoms with Crippen LogP contribution in [0.3, 0.4) is 0 Å². The fraction of sp³-hybridized carbons (Fsp3) is 0.241. The molecule has 0 amide bonds. The number of aromatic nitrogens is 1. The summed E-state index contributed by atoms with van der Waals surface area (Å²) >= 11 is 0. The molecule has 0 radical (unpaired) electrons. The van der Waals surface area contributed by atoms with Gasteiger partial charge in [0.05, 0.1) is 22.3 Å². The molecule has 0 fully saturated rings. The number of fused-ring (bicyclic) bond motifs is 1. The zero-order valence-electron chi connectivity index (χ0n) is 20.3. The van der Waals surface area contributed by atoms with E-state index in [0.717, 1.165) is 35.1 Å². The zero-order valence-corrected chi connectivity index (χ0v) is 20.3. The molecule has 0 spiro atoms. The summed E-state index contributed by atoms with van der Waals surface area (Å²) in [5, 5.41) is 4.25. The van der Waals surface area contributed by atoms with Crippen molar-refractivity contribution in [1.82, 2.24) is 4.98 Å². The van der Waals surface area contributed by atoms with E-state index >= 15 is 0 Å². The minimum Gasteiger partial charge on any atom is -0.454 e. The van der Waals surface area contributed by atoms with Crippen LogP contribution in [0.5, 0.6) is 0 Å². The smallest absolute Gasteiger partial charge is 0.416 e. The Labute approximate surface area is 208 Å². The van der Waals surface area contributed by atoms with Gasteiger partial charge in [0, 0.05) is 17.3 Å². The molecule has 36 heavy (non-hydrogen) atoms. The normalized spacial score (nSPS) is 13.3. The number of halogens is 3. The SMILES string of the molecule is CCC(C)c1ccc2c(Nc3ccccc3C(=O)OC(C)c3ccc(C(F)(F)F)cc3)ccnc2c1. The second kappa shape index (κ2) is 10.4. The summed E-state index contributed by atoms with van der Waals surface area (Å²) in [5.74, 6) is -0.155. The first kappa shape index (κ1) is 25.2. The van der Waals surface area contributed by atoms with Crippen molar-refractivity contribution in [3.8, 4) is 0 Å². The third-order valence-electron chi connectivity index (χ3n) is 6.36. The van der Waals surface area contributed by atoms with Crippen molar-refractivity contribution in [2.75, 3.05) is 5.32 Å². The number of benzene rings is 3. The first-order valence-corrected chi connectivity index (χ1v) is 11.8. The van der Waals surface area contributed by atoms with E-state index in [1.54, 1.807) is 31.3 Å². The van der Waals surface area contributed by atoms with E-state index < -0.39 is 23.8 Å². The van der Waals surface area contributed by atoms with Crippen LogP contribution >= 0.6 is 0 Å². The molecule has 2 atom stereocenters. The van der Waals surface area contributed by atoms with E-state index in [4.69, 9.17) is 4.74 Å². The van der Waals surface area contributed by atoms with E-state index in [1.807, 2.05) is 18.2 Å². The quantitative estimate of drug-likeness (QED) is 0.263. The number of anilines is 2. The highest BCUT2D eigenvalue weighted by molar-refractivity contribution is 5.99. The van der Waals surface area contributed by atoms with Crippen molar-refractivity contribution in [2.45, 2.75) is 45.4 Å². The molecule has 0 aliphatic rings. The Bertz CT molecular complexity index is 1370. The van der Waals surface area contributed by atoms with Gasteiger partial charge in [-0.15, -0.1) is 0 Å². The summed E-state index contributed by atoms with van der Waals surface area (Å²) in [6, 6.07) is 19.6. The van der Waals surface area contributed by atoms with Crippen LogP contribution in [0.25, 0.3) is 10.9 Å². The lowest BCUT2D eigenvalue weighted by Gasteiger charge is -2.17. The number of nitrogens with one attached hydrogen (secondary N) is 1. The Morgan fingerprint density at radius 1 is 0.944 bits per heavy atom. The highest BCUT2D eigenvalue weighted by Crippen LogP contribution is 2.32. The van der Waals surface area contributed by atoms with Crippen molar-refractivity contribution in [2.24, 2.45) is 0 Å². The molecule has 3 aromatic carbocycles. The van der Waals surface area contributed by atoms with Gasteiger partial charge in [0.25, 0.3) is 0 Å². The number of nitrogens with zero attached hydrogens (tertiary/aromatic N) is 1. The van der Waals surface area contributed by atoms with Gasteiger partial charge < -0.3 is 10.1 Å². The van der Waals surface area contributed by atoms with Crippen LogP contribution in [0, 0.1) is 0 Å². The molecule has 1 aromatic heterocycles.